The molecule has 2 aromatic carbocycles. The summed E-state index contributed by atoms with van der Waals surface area (Å²) >= 11 is 1.11. The number of nitrogens with one attached hydrogen (secondary N) is 4. The molecule has 3 amide bonds. The van der Waals surface area contributed by atoms with E-state index in [0.717, 1.165) is 21.8 Å². The van der Waals surface area contributed by atoms with Gasteiger partial charge in [0.05, 0.1) is 6.54 Å². The van der Waals surface area contributed by atoms with Crippen LogP contribution in [0.15, 0.2) is 70.9 Å². The number of urea groups is 1. The molecule has 0 radical (unpaired) electrons. The molecular weight excluding hydrogens is 448 g/mol. The van der Waals surface area contributed by atoms with Gasteiger partial charge in [0, 0.05) is 29.2 Å². The Morgan fingerprint density at radius 3 is 2.16 bits per heavy atom. The average molecular weight is 473 g/mol. The first-order chi connectivity index (χ1) is 15.2. The second kappa shape index (κ2) is 10.4. The Bertz CT molecular complexity index is 1180. The van der Waals surface area contributed by atoms with Crippen LogP contribution in [0.2, 0.25) is 0 Å². The fourth-order valence-corrected chi connectivity index (χ4v) is 5.38. The van der Waals surface area contributed by atoms with Gasteiger partial charge in [0.15, 0.2) is 0 Å². The molecule has 0 aliphatic carbocycles. The van der Waals surface area contributed by atoms with Gasteiger partial charge in [0.1, 0.15) is 4.21 Å². The van der Waals surface area contributed by atoms with Gasteiger partial charge in [-0.05, 0) is 48.9 Å². The van der Waals surface area contributed by atoms with Crippen molar-refractivity contribution < 1.29 is 18.0 Å². The van der Waals surface area contributed by atoms with Crippen LogP contribution in [-0.2, 0) is 21.4 Å². The summed E-state index contributed by atoms with van der Waals surface area (Å²) in [5.74, 6) is -0.176. The Balaban J connectivity index is 1.58. The second-order valence-electron chi connectivity index (χ2n) is 7.04. The van der Waals surface area contributed by atoms with Gasteiger partial charge in [0.25, 0.3) is 10.0 Å². The minimum atomic E-state index is -3.71. The third-order valence-corrected chi connectivity index (χ3v) is 7.56. The Kier molecular flexibility index (Phi) is 7.62. The molecule has 32 heavy (non-hydrogen) atoms. The molecular formula is C22H24N4O4S2. The lowest BCUT2D eigenvalue weighted by Gasteiger charge is -2.15. The molecule has 1 heterocycles. The summed E-state index contributed by atoms with van der Waals surface area (Å²) in [6, 6.07) is 18.4. The number of sulfonamides is 1. The Morgan fingerprint density at radius 1 is 0.906 bits per heavy atom. The molecule has 10 heteroatoms. The molecule has 0 aliphatic heterocycles. The monoisotopic (exact) mass is 472 g/mol. The summed E-state index contributed by atoms with van der Waals surface area (Å²) in [6.07, 6.45) is 0. The first-order valence-electron chi connectivity index (χ1n) is 9.81. The van der Waals surface area contributed by atoms with E-state index in [0.29, 0.717) is 11.4 Å². The van der Waals surface area contributed by atoms with Gasteiger partial charge in [-0.3, -0.25) is 4.79 Å². The lowest BCUT2D eigenvalue weighted by atomic mass is 10.1. The molecule has 168 valence electrons. The maximum Gasteiger partial charge on any atom is 0.323 e. The van der Waals surface area contributed by atoms with Crippen molar-refractivity contribution in [2.45, 2.75) is 30.6 Å². The average Bonchev–Trinajstić information content (AvgIpc) is 3.23. The molecule has 0 bridgehead atoms. The fraction of sp³-hybridized carbons (Fsp3) is 0.182. The van der Waals surface area contributed by atoms with Crippen LogP contribution in [0.1, 0.15) is 30.3 Å². The van der Waals surface area contributed by atoms with Crippen LogP contribution in [0.3, 0.4) is 0 Å². The maximum absolute atomic E-state index is 12.7. The fourth-order valence-electron chi connectivity index (χ4n) is 2.84. The Morgan fingerprint density at radius 2 is 1.53 bits per heavy atom. The van der Waals surface area contributed by atoms with Crippen molar-refractivity contribution in [3.63, 3.8) is 0 Å². The van der Waals surface area contributed by atoms with Crippen LogP contribution in [0.5, 0.6) is 0 Å². The molecule has 0 spiro atoms. The summed E-state index contributed by atoms with van der Waals surface area (Å²) in [7, 11) is -3.71. The van der Waals surface area contributed by atoms with Crippen molar-refractivity contribution in [3.05, 3.63) is 77.2 Å². The minimum Gasteiger partial charge on any atom is -0.351 e. The van der Waals surface area contributed by atoms with E-state index < -0.39 is 16.1 Å². The third kappa shape index (κ3) is 6.64. The number of benzene rings is 2. The lowest BCUT2D eigenvalue weighted by Crippen LogP contribution is -2.26. The van der Waals surface area contributed by atoms with Gasteiger partial charge in [-0.1, -0.05) is 30.3 Å². The smallest absolute Gasteiger partial charge is 0.323 e. The summed E-state index contributed by atoms with van der Waals surface area (Å²) in [4.78, 5) is 23.9. The lowest BCUT2D eigenvalue weighted by molar-refractivity contribution is -0.119. The molecule has 3 rings (SSSR count). The number of thiophene rings is 1. The Hall–Kier alpha value is -3.21. The van der Waals surface area contributed by atoms with E-state index in [1.165, 1.54) is 13.0 Å². The van der Waals surface area contributed by atoms with Crippen LogP contribution in [0, 0.1) is 0 Å². The number of para-hydroxylation sites is 1. The normalized spacial score (nSPS) is 12.1. The zero-order chi connectivity index (χ0) is 23.1. The molecule has 0 fully saturated rings. The van der Waals surface area contributed by atoms with Gasteiger partial charge in [-0.25, -0.2) is 17.9 Å². The van der Waals surface area contributed by atoms with Crippen molar-refractivity contribution in [2.24, 2.45) is 0 Å². The standard InChI is InChI=1S/C22H24N4O4S2/c1-15(26-32(29,30)21-13-12-20(31-21)14-23-16(2)27)17-8-10-19(11-9-17)25-22(28)24-18-6-4-3-5-7-18/h3-13,15,26H,14H2,1-2H3,(H,23,27)(H2,24,25,28). The maximum atomic E-state index is 12.7. The molecule has 0 saturated heterocycles. The number of rotatable bonds is 8. The molecule has 1 atom stereocenters. The number of carbonyl (C=O) groups is 2. The summed E-state index contributed by atoms with van der Waals surface area (Å²) in [6.45, 7) is 3.44. The largest absolute Gasteiger partial charge is 0.351 e. The van der Waals surface area contributed by atoms with E-state index in [4.69, 9.17) is 0 Å². The second-order valence-corrected chi connectivity index (χ2v) is 10.1. The van der Waals surface area contributed by atoms with E-state index in [9.17, 15) is 18.0 Å². The van der Waals surface area contributed by atoms with Crippen molar-refractivity contribution in [2.75, 3.05) is 10.6 Å². The van der Waals surface area contributed by atoms with E-state index in [1.807, 2.05) is 18.2 Å². The highest BCUT2D eigenvalue weighted by atomic mass is 32.2. The first-order valence-corrected chi connectivity index (χ1v) is 12.1. The predicted molar refractivity (Wildman–Crippen MR) is 126 cm³/mol. The van der Waals surface area contributed by atoms with Crippen LogP contribution < -0.4 is 20.7 Å². The van der Waals surface area contributed by atoms with Crippen LogP contribution in [0.25, 0.3) is 0 Å². The van der Waals surface area contributed by atoms with Gasteiger partial charge in [-0.2, -0.15) is 0 Å². The van der Waals surface area contributed by atoms with Crippen molar-refractivity contribution in [1.82, 2.24) is 10.0 Å². The van der Waals surface area contributed by atoms with Crippen LogP contribution in [0.4, 0.5) is 16.2 Å². The minimum absolute atomic E-state index is 0.176. The Labute approximate surface area is 191 Å². The third-order valence-electron chi connectivity index (χ3n) is 4.45. The molecule has 0 aliphatic rings. The van der Waals surface area contributed by atoms with E-state index >= 15 is 0 Å². The summed E-state index contributed by atoms with van der Waals surface area (Å²) in [5.41, 5.74) is 2.01. The SMILES string of the molecule is CC(=O)NCc1ccc(S(=O)(=O)NC(C)c2ccc(NC(=O)Nc3ccccc3)cc2)s1. The number of hydrogen-bond acceptors (Lipinski definition) is 5. The molecule has 1 aromatic heterocycles. The molecule has 0 saturated carbocycles. The highest BCUT2D eigenvalue weighted by molar-refractivity contribution is 7.91. The van der Waals surface area contributed by atoms with E-state index in [1.54, 1.807) is 49.4 Å². The van der Waals surface area contributed by atoms with Gasteiger partial charge >= 0.3 is 6.03 Å². The quantitative estimate of drug-likeness (QED) is 0.395. The number of carbonyl (C=O) groups excluding carboxylic acids is 2. The highest BCUT2D eigenvalue weighted by Crippen LogP contribution is 2.24. The number of amides is 3. The van der Waals surface area contributed by atoms with Gasteiger partial charge in [0.2, 0.25) is 5.91 Å². The molecule has 1 unspecified atom stereocenters. The number of anilines is 2. The molecule has 8 nitrogen and oxygen atoms in total. The summed E-state index contributed by atoms with van der Waals surface area (Å²) in [5, 5.41) is 8.11. The number of hydrogen-bond donors (Lipinski definition) is 4. The first kappa shape index (κ1) is 23.5. The van der Waals surface area contributed by atoms with Crippen LogP contribution in [-0.4, -0.2) is 20.4 Å². The van der Waals surface area contributed by atoms with Crippen molar-refractivity contribution in [1.29, 1.82) is 0 Å². The predicted octanol–water partition coefficient (Wildman–Crippen LogP) is 4.07. The molecule has 3 aromatic rings. The van der Waals surface area contributed by atoms with Crippen LogP contribution >= 0.6 is 11.3 Å². The van der Waals surface area contributed by atoms with E-state index in [-0.39, 0.29) is 22.7 Å². The van der Waals surface area contributed by atoms with E-state index in [2.05, 4.69) is 20.7 Å². The topological polar surface area (TPSA) is 116 Å². The van der Waals surface area contributed by atoms with Gasteiger partial charge in [-0.15, -0.1) is 11.3 Å². The zero-order valence-corrected chi connectivity index (χ0v) is 19.2. The van der Waals surface area contributed by atoms with Gasteiger partial charge < -0.3 is 16.0 Å². The van der Waals surface area contributed by atoms with Crippen molar-refractivity contribution in [3.8, 4) is 0 Å². The van der Waals surface area contributed by atoms with Crippen molar-refractivity contribution >= 4 is 44.7 Å². The highest BCUT2D eigenvalue weighted by Gasteiger charge is 2.20. The molecule has 4 N–H and O–H groups in total. The summed E-state index contributed by atoms with van der Waals surface area (Å²) < 4.78 is 28.2. The zero-order valence-electron chi connectivity index (χ0n) is 17.6.